The largest absolute Gasteiger partial charge is 0.329 e. The topological polar surface area (TPSA) is 76.8 Å². The number of hydrogen-bond acceptors (Lipinski definition) is 6. The number of carbonyl (C=O) groups excluding carboxylic acids is 1. The maximum absolute atomic E-state index is 12.9. The molecule has 0 spiro atoms. The van der Waals surface area contributed by atoms with Gasteiger partial charge in [-0.3, -0.25) is 9.78 Å². The number of nitrogens with zero attached hydrogens (tertiary/aromatic N) is 6. The van der Waals surface area contributed by atoms with E-state index in [2.05, 4.69) is 24.7 Å². The van der Waals surface area contributed by atoms with Crippen LogP contribution in [0.1, 0.15) is 27.0 Å². The Bertz CT molecular complexity index is 901. The number of aromatic nitrogens is 5. The van der Waals surface area contributed by atoms with Gasteiger partial charge in [-0.2, -0.15) is 0 Å². The van der Waals surface area contributed by atoms with Crippen molar-refractivity contribution in [2.75, 3.05) is 6.54 Å². The predicted molar refractivity (Wildman–Crippen MR) is 89.6 cm³/mol. The third kappa shape index (κ3) is 2.48. The number of thiazole rings is 1. The van der Waals surface area contributed by atoms with Crippen LogP contribution in [-0.4, -0.2) is 42.1 Å². The molecular weight excluding hydrogens is 324 g/mol. The second-order valence-corrected chi connectivity index (χ2v) is 6.69. The summed E-state index contributed by atoms with van der Waals surface area (Å²) in [6.45, 7) is 5.66. The zero-order valence-corrected chi connectivity index (χ0v) is 14.2. The fraction of sp³-hybridized carbons (Fsp3) is 0.312. The Hall–Kier alpha value is -2.61. The number of hydrogen-bond donors (Lipinski definition) is 0. The third-order valence-electron chi connectivity index (χ3n) is 4.10. The zero-order chi connectivity index (χ0) is 16.7. The number of rotatable bonds is 2. The standard InChI is InChI=1S/C16H16N6OS/c1-10-14(24-15(18-10)12-5-3-4-6-17-12)16(23)21-7-8-22-11(2)19-20-13(22)9-21/h3-6H,7-9H2,1-2H3. The van der Waals surface area contributed by atoms with Gasteiger partial charge in [0.15, 0.2) is 5.82 Å². The van der Waals surface area contributed by atoms with Crippen LogP contribution in [0.3, 0.4) is 0 Å². The molecule has 0 aromatic carbocycles. The lowest BCUT2D eigenvalue weighted by atomic mass is 10.3. The summed E-state index contributed by atoms with van der Waals surface area (Å²) >= 11 is 1.39. The van der Waals surface area contributed by atoms with Crippen LogP contribution < -0.4 is 0 Å². The van der Waals surface area contributed by atoms with Gasteiger partial charge in [0.05, 0.1) is 17.9 Å². The number of carbonyl (C=O) groups is 1. The predicted octanol–water partition coefficient (Wildman–Crippen LogP) is 2.07. The fourth-order valence-electron chi connectivity index (χ4n) is 2.81. The van der Waals surface area contributed by atoms with E-state index < -0.39 is 0 Å². The maximum Gasteiger partial charge on any atom is 0.266 e. The van der Waals surface area contributed by atoms with E-state index in [1.54, 1.807) is 6.20 Å². The van der Waals surface area contributed by atoms with Crippen LogP contribution in [0.5, 0.6) is 0 Å². The zero-order valence-electron chi connectivity index (χ0n) is 13.4. The van der Waals surface area contributed by atoms with E-state index in [0.29, 0.717) is 18.0 Å². The minimum atomic E-state index is -0.000848. The highest BCUT2D eigenvalue weighted by Crippen LogP contribution is 2.28. The lowest BCUT2D eigenvalue weighted by molar-refractivity contribution is 0.0710. The SMILES string of the molecule is Cc1nc(-c2ccccn2)sc1C(=O)N1CCn2c(C)nnc2C1. The van der Waals surface area contributed by atoms with Crippen molar-refractivity contribution >= 4 is 17.2 Å². The molecule has 122 valence electrons. The van der Waals surface area contributed by atoms with Gasteiger partial charge in [-0.05, 0) is 26.0 Å². The molecule has 1 amide bonds. The van der Waals surface area contributed by atoms with Gasteiger partial charge in [0.25, 0.3) is 5.91 Å². The molecule has 8 heteroatoms. The summed E-state index contributed by atoms with van der Waals surface area (Å²) in [4.78, 5) is 24.2. The Balaban J connectivity index is 1.60. The van der Waals surface area contributed by atoms with Crippen molar-refractivity contribution in [3.8, 4) is 10.7 Å². The average molecular weight is 340 g/mol. The molecular formula is C16H16N6OS. The van der Waals surface area contributed by atoms with E-state index in [9.17, 15) is 4.79 Å². The highest BCUT2D eigenvalue weighted by Gasteiger charge is 2.27. The molecule has 0 atom stereocenters. The molecule has 0 N–H and O–H groups in total. The average Bonchev–Trinajstić information content (AvgIpc) is 3.18. The number of amides is 1. The van der Waals surface area contributed by atoms with Crippen molar-refractivity contribution in [2.45, 2.75) is 26.9 Å². The van der Waals surface area contributed by atoms with Crippen LogP contribution in [0.15, 0.2) is 24.4 Å². The van der Waals surface area contributed by atoms with E-state index in [-0.39, 0.29) is 5.91 Å². The van der Waals surface area contributed by atoms with E-state index in [1.165, 1.54) is 11.3 Å². The Morgan fingerprint density at radius 3 is 2.88 bits per heavy atom. The molecule has 0 saturated heterocycles. The summed E-state index contributed by atoms with van der Waals surface area (Å²) in [6, 6.07) is 5.68. The summed E-state index contributed by atoms with van der Waals surface area (Å²) in [7, 11) is 0. The van der Waals surface area contributed by atoms with Gasteiger partial charge in [0.1, 0.15) is 15.7 Å². The van der Waals surface area contributed by atoms with Crippen LogP contribution in [0.4, 0.5) is 0 Å². The van der Waals surface area contributed by atoms with Gasteiger partial charge < -0.3 is 9.47 Å². The Morgan fingerprint density at radius 2 is 2.08 bits per heavy atom. The monoisotopic (exact) mass is 340 g/mol. The molecule has 0 unspecified atom stereocenters. The van der Waals surface area contributed by atoms with E-state index in [1.807, 2.05) is 36.9 Å². The van der Waals surface area contributed by atoms with Gasteiger partial charge in [-0.25, -0.2) is 4.98 Å². The van der Waals surface area contributed by atoms with E-state index in [4.69, 9.17) is 0 Å². The normalized spacial score (nSPS) is 13.8. The quantitative estimate of drug-likeness (QED) is 0.714. The molecule has 3 aromatic rings. The van der Waals surface area contributed by atoms with Crippen LogP contribution in [0, 0.1) is 13.8 Å². The number of aryl methyl sites for hydroxylation is 2. The molecule has 3 aromatic heterocycles. The molecule has 0 fully saturated rings. The second-order valence-electron chi connectivity index (χ2n) is 5.69. The molecule has 24 heavy (non-hydrogen) atoms. The molecule has 4 rings (SSSR count). The minimum Gasteiger partial charge on any atom is -0.329 e. The smallest absolute Gasteiger partial charge is 0.266 e. The molecule has 1 aliphatic heterocycles. The number of fused-ring (bicyclic) bond motifs is 1. The van der Waals surface area contributed by atoms with Crippen LogP contribution in [0.2, 0.25) is 0 Å². The van der Waals surface area contributed by atoms with Crippen molar-refractivity contribution in [1.29, 1.82) is 0 Å². The molecule has 0 aliphatic carbocycles. The molecule has 0 bridgehead atoms. The molecule has 1 aliphatic rings. The van der Waals surface area contributed by atoms with E-state index >= 15 is 0 Å². The molecule has 0 radical (unpaired) electrons. The lowest BCUT2D eigenvalue weighted by Gasteiger charge is -2.27. The minimum absolute atomic E-state index is 0.000848. The maximum atomic E-state index is 12.9. The third-order valence-corrected chi connectivity index (χ3v) is 5.27. The van der Waals surface area contributed by atoms with E-state index in [0.717, 1.165) is 34.6 Å². The lowest BCUT2D eigenvalue weighted by Crippen LogP contribution is -2.38. The molecule has 4 heterocycles. The van der Waals surface area contributed by atoms with Crippen molar-refractivity contribution in [3.05, 3.63) is 46.6 Å². The van der Waals surface area contributed by atoms with Gasteiger partial charge >= 0.3 is 0 Å². The molecule has 0 saturated carbocycles. The summed E-state index contributed by atoms with van der Waals surface area (Å²) in [5, 5.41) is 9.01. The highest BCUT2D eigenvalue weighted by molar-refractivity contribution is 7.17. The van der Waals surface area contributed by atoms with Crippen molar-refractivity contribution in [1.82, 2.24) is 29.6 Å². The van der Waals surface area contributed by atoms with Crippen LogP contribution in [0.25, 0.3) is 10.7 Å². The van der Waals surface area contributed by atoms with Crippen molar-refractivity contribution in [3.63, 3.8) is 0 Å². The van der Waals surface area contributed by atoms with Crippen molar-refractivity contribution < 1.29 is 4.79 Å². The first kappa shape index (κ1) is 14.9. The Kier molecular flexibility index (Phi) is 3.61. The van der Waals surface area contributed by atoms with Gasteiger partial charge in [0.2, 0.25) is 0 Å². The fourth-order valence-corrected chi connectivity index (χ4v) is 3.82. The van der Waals surface area contributed by atoms with Crippen molar-refractivity contribution in [2.24, 2.45) is 0 Å². The Labute approximate surface area is 143 Å². The summed E-state index contributed by atoms with van der Waals surface area (Å²) in [6.07, 6.45) is 1.73. The van der Waals surface area contributed by atoms with Crippen LogP contribution in [-0.2, 0) is 13.1 Å². The first-order chi connectivity index (χ1) is 11.6. The summed E-state index contributed by atoms with van der Waals surface area (Å²) in [5.74, 6) is 1.72. The van der Waals surface area contributed by atoms with Gasteiger partial charge in [0, 0.05) is 19.3 Å². The first-order valence-corrected chi connectivity index (χ1v) is 8.52. The second kappa shape index (κ2) is 5.79. The van der Waals surface area contributed by atoms with Gasteiger partial charge in [-0.1, -0.05) is 6.07 Å². The Morgan fingerprint density at radius 1 is 1.21 bits per heavy atom. The van der Waals surface area contributed by atoms with Gasteiger partial charge in [-0.15, -0.1) is 21.5 Å². The first-order valence-electron chi connectivity index (χ1n) is 7.70. The number of pyridine rings is 1. The summed E-state index contributed by atoms with van der Waals surface area (Å²) in [5.41, 5.74) is 1.53. The molecule has 7 nitrogen and oxygen atoms in total. The highest BCUT2D eigenvalue weighted by atomic mass is 32.1. The van der Waals surface area contributed by atoms with Crippen LogP contribution >= 0.6 is 11.3 Å². The summed E-state index contributed by atoms with van der Waals surface area (Å²) < 4.78 is 2.06.